The third kappa shape index (κ3) is 7.37. The first-order valence-corrected chi connectivity index (χ1v) is 6.97. The Balaban J connectivity index is 3.98. The van der Waals surface area contributed by atoms with Crippen LogP contribution >= 0.6 is 0 Å². The van der Waals surface area contributed by atoms with Gasteiger partial charge in [-0.2, -0.15) is 0 Å². The van der Waals surface area contributed by atoms with Crippen LogP contribution in [-0.4, -0.2) is 24.0 Å². The molecule has 3 heteroatoms. The van der Waals surface area contributed by atoms with Gasteiger partial charge in [0.25, 0.3) is 0 Å². The Bertz CT molecular complexity index is 218. The van der Waals surface area contributed by atoms with Crippen molar-refractivity contribution in [1.29, 1.82) is 0 Å². The van der Waals surface area contributed by atoms with Crippen molar-refractivity contribution in [2.24, 2.45) is 5.92 Å². The molecule has 4 atom stereocenters. The van der Waals surface area contributed by atoms with Crippen LogP contribution in [0.3, 0.4) is 0 Å². The highest BCUT2D eigenvalue weighted by Crippen LogP contribution is 2.09. The molecule has 0 fully saturated rings. The Morgan fingerprint density at radius 3 is 2.06 bits per heavy atom. The second kappa shape index (κ2) is 8.51. The topological polar surface area (TPSA) is 41.1 Å². The summed E-state index contributed by atoms with van der Waals surface area (Å²) < 4.78 is 0. The van der Waals surface area contributed by atoms with Crippen molar-refractivity contribution >= 4 is 5.91 Å². The molecule has 0 aliphatic rings. The Hall–Kier alpha value is -0.570. The Morgan fingerprint density at radius 1 is 1.00 bits per heavy atom. The SMILES string of the molecule is CCC(C)CC(C)NC(C)C(=O)NC(C)CC. The quantitative estimate of drug-likeness (QED) is 0.687. The first-order valence-electron chi connectivity index (χ1n) is 6.97. The van der Waals surface area contributed by atoms with Crippen molar-refractivity contribution in [1.82, 2.24) is 10.6 Å². The van der Waals surface area contributed by atoms with Crippen LogP contribution in [0.4, 0.5) is 0 Å². The van der Waals surface area contributed by atoms with Gasteiger partial charge in [0.2, 0.25) is 5.91 Å². The highest BCUT2D eigenvalue weighted by molar-refractivity contribution is 5.81. The standard InChI is InChI=1S/C14H30N2O/c1-7-10(3)9-12(5)15-13(6)14(17)16-11(4)8-2/h10-13,15H,7-9H2,1-6H3,(H,16,17). The number of rotatable bonds is 8. The molecule has 0 rings (SSSR count). The van der Waals surface area contributed by atoms with Gasteiger partial charge in [0.15, 0.2) is 0 Å². The van der Waals surface area contributed by atoms with Crippen molar-refractivity contribution < 1.29 is 4.79 Å². The molecule has 0 bridgehead atoms. The van der Waals surface area contributed by atoms with Gasteiger partial charge < -0.3 is 10.6 Å². The molecule has 0 heterocycles. The largest absolute Gasteiger partial charge is 0.352 e. The summed E-state index contributed by atoms with van der Waals surface area (Å²) in [6.07, 6.45) is 3.29. The van der Waals surface area contributed by atoms with E-state index in [4.69, 9.17) is 0 Å². The molecule has 0 saturated carbocycles. The molecule has 0 radical (unpaired) electrons. The Kier molecular flexibility index (Phi) is 8.23. The lowest BCUT2D eigenvalue weighted by Crippen LogP contribution is -2.48. The molecule has 17 heavy (non-hydrogen) atoms. The molecule has 2 N–H and O–H groups in total. The van der Waals surface area contributed by atoms with Crippen LogP contribution < -0.4 is 10.6 Å². The van der Waals surface area contributed by atoms with E-state index in [1.165, 1.54) is 6.42 Å². The zero-order valence-corrected chi connectivity index (χ0v) is 12.3. The number of hydrogen-bond acceptors (Lipinski definition) is 2. The van der Waals surface area contributed by atoms with Gasteiger partial charge in [0.05, 0.1) is 6.04 Å². The van der Waals surface area contributed by atoms with E-state index in [0.29, 0.717) is 12.0 Å². The molecule has 0 aliphatic heterocycles. The van der Waals surface area contributed by atoms with Crippen LogP contribution in [-0.2, 0) is 4.79 Å². The summed E-state index contributed by atoms with van der Waals surface area (Å²) in [5.74, 6) is 0.817. The number of carbonyl (C=O) groups is 1. The molecular formula is C14H30N2O. The molecular weight excluding hydrogens is 212 g/mol. The van der Waals surface area contributed by atoms with Gasteiger partial charge in [-0.15, -0.1) is 0 Å². The fraction of sp³-hybridized carbons (Fsp3) is 0.929. The first-order chi connectivity index (χ1) is 7.90. The first kappa shape index (κ1) is 16.4. The maximum absolute atomic E-state index is 11.8. The van der Waals surface area contributed by atoms with Crippen molar-refractivity contribution in [3.05, 3.63) is 0 Å². The molecule has 3 nitrogen and oxygen atoms in total. The molecule has 1 amide bonds. The monoisotopic (exact) mass is 242 g/mol. The molecule has 0 aliphatic carbocycles. The summed E-state index contributed by atoms with van der Waals surface area (Å²) >= 11 is 0. The van der Waals surface area contributed by atoms with Gasteiger partial charge in [-0.05, 0) is 39.5 Å². The van der Waals surface area contributed by atoms with E-state index >= 15 is 0 Å². The summed E-state index contributed by atoms with van der Waals surface area (Å²) in [4.78, 5) is 11.8. The predicted molar refractivity (Wildman–Crippen MR) is 74.0 cm³/mol. The smallest absolute Gasteiger partial charge is 0.237 e. The summed E-state index contributed by atoms with van der Waals surface area (Å²) in [5, 5.41) is 6.36. The van der Waals surface area contributed by atoms with Crippen LogP contribution in [0.15, 0.2) is 0 Å². The predicted octanol–water partition coefficient (Wildman–Crippen LogP) is 2.70. The third-order valence-corrected chi connectivity index (χ3v) is 3.38. The minimum absolute atomic E-state index is 0.107. The van der Waals surface area contributed by atoms with Gasteiger partial charge >= 0.3 is 0 Å². The molecule has 102 valence electrons. The zero-order valence-electron chi connectivity index (χ0n) is 12.3. The minimum atomic E-state index is -0.108. The van der Waals surface area contributed by atoms with Crippen LogP contribution in [0.5, 0.6) is 0 Å². The average Bonchev–Trinajstić information content (AvgIpc) is 2.28. The summed E-state index contributed by atoms with van der Waals surface area (Å²) in [7, 11) is 0. The Labute approximate surface area is 107 Å². The van der Waals surface area contributed by atoms with Crippen molar-refractivity contribution in [2.45, 2.75) is 78.9 Å². The summed E-state index contributed by atoms with van der Waals surface area (Å²) in [6.45, 7) is 12.7. The van der Waals surface area contributed by atoms with Gasteiger partial charge in [-0.25, -0.2) is 0 Å². The fourth-order valence-electron chi connectivity index (χ4n) is 1.81. The van der Waals surface area contributed by atoms with E-state index in [2.05, 4.69) is 38.3 Å². The number of carbonyl (C=O) groups excluding carboxylic acids is 1. The lowest BCUT2D eigenvalue weighted by atomic mass is 10.00. The molecule has 0 aromatic heterocycles. The fourth-order valence-corrected chi connectivity index (χ4v) is 1.81. The van der Waals surface area contributed by atoms with E-state index in [1.54, 1.807) is 0 Å². The molecule has 0 aromatic carbocycles. The number of nitrogens with one attached hydrogen (secondary N) is 2. The number of hydrogen-bond donors (Lipinski definition) is 2. The van der Waals surface area contributed by atoms with E-state index in [0.717, 1.165) is 12.8 Å². The maximum atomic E-state index is 11.8. The Morgan fingerprint density at radius 2 is 1.59 bits per heavy atom. The lowest BCUT2D eigenvalue weighted by molar-refractivity contribution is -0.123. The van der Waals surface area contributed by atoms with Crippen LogP contribution in [0.25, 0.3) is 0 Å². The van der Waals surface area contributed by atoms with Crippen LogP contribution in [0.1, 0.15) is 60.8 Å². The lowest BCUT2D eigenvalue weighted by Gasteiger charge is -2.23. The molecule has 4 unspecified atom stereocenters. The van der Waals surface area contributed by atoms with Crippen LogP contribution in [0.2, 0.25) is 0 Å². The molecule has 0 spiro atoms. The van der Waals surface area contributed by atoms with Gasteiger partial charge in [-0.3, -0.25) is 4.79 Å². The van der Waals surface area contributed by atoms with E-state index < -0.39 is 0 Å². The van der Waals surface area contributed by atoms with Gasteiger partial charge in [0.1, 0.15) is 0 Å². The van der Waals surface area contributed by atoms with Crippen molar-refractivity contribution in [3.63, 3.8) is 0 Å². The van der Waals surface area contributed by atoms with Gasteiger partial charge in [-0.1, -0.05) is 27.2 Å². The molecule has 0 saturated heterocycles. The van der Waals surface area contributed by atoms with E-state index in [1.807, 2.05) is 13.8 Å². The van der Waals surface area contributed by atoms with Crippen molar-refractivity contribution in [2.75, 3.05) is 0 Å². The van der Waals surface area contributed by atoms with E-state index in [9.17, 15) is 4.79 Å². The maximum Gasteiger partial charge on any atom is 0.237 e. The highest BCUT2D eigenvalue weighted by Gasteiger charge is 2.17. The second-order valence-corrected chi connectivity index (χ2v) is 5.36. The highest BCUT2D eigenvalue weighted by atomic mass is 16.2. The number of amides is 1. The normalized spacial score (nSPS) is 18.2. The van der Waals surface area contributed by atoms with Crippen molar-refractivity contribution in [3.8, 4) is 0 Å². The summed E-state index contributed by atoms with van der Waals surface area (Å²) in [6, 6.07) is 0.544. The van der Waals surface area contributed by atoms with E-state index in [-0.39, 0.29) is 18.0 Å². The summed E-state index contributed by atoms with van der Waals surface area (Å²) in [5.41, 5.74) is 0. The second-order valence-electron chi connectivity index (χ2n) is 5.36. The van der Waals surface area contributed by atoms with Crippen LogP contribution in [0, 0.1) is 5.92 Å². The van der Waals surface area contributed by atoms with Gasteiger partial charge in [0, 0.05) is 12.1 Å². The third-order valence-electron chi connectivity index (χ3n) is 3.38. The zero-order chi connectivity index (χ0) is 13.4. The molecule has 0 aromatic rings. The minimum Gasteiger partial charge on any atom is -0.352 e. The average molecular weight is 242 g/mol.